The van der Waals surface area contributed by atoms with Crippen LogP contribution in [0, 0.1) is 0 Å². The molecule has 1 aromatic rings. The molecule has 2 heterocycles. The molecule has 2 aliphatic rings. The fourth-order valence-electron chi connectivity index (χ4n) is 2.45. The Morgan fingerprint density at radius 2 is 2.10 bits per heavy atom. The van der Waals surface area contributed by atoms with Gasteiger partial charge in [0.15, 0.2) is 0 Å². The van der Waals surface area contributed by atoms with Crippen LogP contribution in [0.25, 0.3) is 0 Å². The quantitative estimate of drug-likeness (QED) is 0.789. The molecule has 1 aliphatic heterocycles. The van der Waals surface area contributed by atoms with Crippen LogP contribution in [0.5, 0.6) is 0 Å². The third-order valence-electron chi connectivity index (χ3n) is 3.67. The lowest BCUT2D eigenvalue weighted by Gasteiger charge is -2.16. The van der Waals surface area contributed by atoms with Gasteiger partial charge >= 0.3 is 0 Å². The smallest absolute Gasteiger partial charge is 0.272 e. The van der Waals surface area contributed by atoms with E-state index in [1.165, 1.54) is 19.2 Å². The molecule has 1 N–H and O–H groups in total. The molecule has 1 saturated heterocycles. The second kappa shape index (κ2) is 4.73. The van der Waals surface area contributed by atoms with Gasteiger partial charge < -0.3 is 10.2 Å². The monoisotopic (exact) mass is 276 g/mol. The minimum Gasteiger partial charge on any atom is -0.346 e. The van der Waals surface area contributed by atoms with Crippen LogP contribution in [0.2, 0.25) is 0 Å². The van der Waals surface area contributed by atoms with Crippen LogP contribution in [-0.4, -0.2) is 45.1 Å². The predicted molar refractivity (Wildman–Crippen MR) is 70.1 cm³/mol. The average Bonchev–Trinajstić information content (AvgIpc) is 3.17. The number of nitrogens with one attached hydrogen (secondary N) is 1. The standard InChI is InChI=1S/C13H16N4O3/c1-16-11(18)5-4-10(15-16)13(20)14-8-6-12(19)17(7-8)9-2-3-9/h4-5,8-9H,2-3,6-7H2,1H3,(H,14,20)/t8-/m1/s1. The maximum absolute atomic E-state index is 12.0. The summed E-state index contributed by atoms with van der Waals surface area (Å²) >= 11 is 0. The first-order valence-electron chi connectivity index (χ1n) is 6.69. The van der Waals surface area contributed by atoms with E-state index < -0.39 is 0 Å². The van der Waals surface area contributed by atoms with Gasteiger partial charge in [-0.3, -0.25) is 14.4 Å². The molecule has 0 radical (unpaired) electrons. The Hall–Kier alpha value is -2.18. The van der Waals surface area contributed by atoms with Crippen LogP contribution in [0.15, 0.2) is 16.9 Å². The number of hydrogen-bond acceptors (Lipinski definition) is 4. The molecular formula is C13H16N4O3. The van der Waals surface area contributed by atoms with Gasteiger partial charge in [0.25, 0.3) is 11.5 Å². The highest BCUT2D eigenvalue weighted by Crippen LogP contribution is 2.30. The topological polar surface area (TPSA) is 84.3 Å². The Morgan fingerprint density at radius 3 is 2.75 bits per heavy atom. The van der Waals surface area contributed by atoms with Crippen LogP contribution in [0.1, 0.15) is 29.8 Å². The van der Waals surface area contributed by atoms with Gasteiger partial charge in [0.1, 0.15) is 5.69 Å². The SMILES string of the molecule is Cn1nc(C(=O)N[C@@H]2CC(=O)N(C3CC3)C2)ccc1=O. The largest absolute Gasteiger partial charge is 0.346 e. The van der Waals surface area contributed by atoms with E-state index in [0.29, 0.717) is 19.0 Å². The Morgan fingerprint density at radius 1 is 1.35 bits per heavy atom. The highest BCUT2D eigenvalue weighted by atomic mass is 16.2. The van der Waals surface area contributed by atoms with Crippen LogP contribution in [-0.2, 0) is 11.8 Å². The van der Waals surface area contributed by atoms with Gasteiger partial charge in [-0.25, -0.2) is 4.68 Å². The minimum absolute atomic E-state index is 0.103. The van der Waals surface area contributed by atoms with Crippen molar-refractivity contribution < 1.29 is 9.59 Å². The van der Waals surface area contributed by atoms with E-state index in [0.717, 1.165) is 17.5 Å². The second-order valence-corrected chi connectivity index (χ2v) is 5.33. The summed E-state index contributed by atoms with van der Waals surface area (Å²) in [5, 5.41) is 6.70. The lowest BCUT2D eigenvalue weighted by molar-refractivity contribution is -0.128. The highest BCUT2D eigenvalue weighted by Gasteiger charge is 2.39. The molecule has 0 unspecified atom stereocenters. The van der Waals surface area contributed by atoms with Crippen molar-refractivity contribution in [1.82, 2.24) is 20.0 Å². The molecule has 7 nitrogen and oxygen atoms in total. The maximum Gasteiger partial charge on any atom is 0.272 e. The number of nitrogens with zero attached hydrogens (tertiary/aromatic N) is 3. The highest BCUT2D eigenvalue weighted by molar-refractivity contribution is 5.93. The summed E-state index contributed by atoms with van der Waals surface area (Å²) < 4.78 is 1.12. The summed E-state index contributed by atoms with van der Waals surface area (Å²) in [6.45, 7) is 0.570. The molecule has 0 bridgehead atoms. The molecule has 2 fully saturated rings. The summed E-state index contributed by atoms with van der Waals surface area (Å²) in [6.07, 6.45) is 2.47. The first-order valence-corrected chi connectivity index (χ1v) is 6.69. The van der Waals surface area contributed by atoms with Gasteiger partial charge in [-0.05, 0) is 18.9 Å². The Bertz CT molecular complexity index is 620. The summed E-state index contributed by atoms with van der Waals surface area (Å²) in [5.74, 6) is -0.248. The van der Waals surface area contributed by atoms with Gasteiger partial charge in [-0.2, -0.15) is 5.10 Å². The van der Waals surface area contributed by atoms with Crippen molar-refractivity contribution in [2.45, 2.75) is 31.3 Å². The minimum atomic E-state index is -0.351. The Labute approximate surface area is 115 Å². The normalized spacial score (nSPS) is 22.1. The van der Waals surface area contributed by atoms with E-state index in [9.17, 15) is 14.4 Å². The third kappa shape index (κ3) is 2.43. The van der Waals surface area contributed by atoms with Crippen molar-refractivity contribution in [2.75, 3.05) is 6.54 Å². The number of aromatic nitrogens is 2. The third-order valence-corrected chi connectivity index (χ3v) is 3.67. The van der Waals surface area contributed by atoms with E-state index >= 15 is 0 Å². The Balaban J connectivity index is 1.65. The Kier molecular flexibility index (Phi) is 3.04. The van der Waals surface area contributed by atoms with E-state index in [-0.39, 0.29) is 29.1 Å². The molecule has 1 saturated carbocycles. The lowest BCUT2D eigenvalue weighted by Crippen LogP contribution is -2.38. The fourth-order valence-corrected chi connectivity index (χ4v) is 2.45. The van der Waals surface area contributed by atoms with Gasteiger partial charge in [0.2, 0.25) is 5.91 Å². The summed E-state index contributed by atoms with van der Waals surface area (Å²) in [5.41, 5.74) is -0.0816. The molecule has 0 spiro atoms. The molecule has 20 heavy (non-hydrogen) atoms. The van der Waals surface area contributed by atoms with Crippen LogP contribution < -0.4 is 10.9 Å². The zero-order valence-corrected chi connectivity index (χ0v) is 11.2. The predicted octanol–water partition coefficient (Wildman–Crippen LogP) is -0.727. The van der Waals surface area contributed by atoms with E-state index in [2.05, 4.69) is 10.4 Å². The number of amides is 2. The second-order valence-electron chi connectivity index (χ2n) is 5.33. The first kappa shape index (κ1) is 12.8. The summed E-state index contributed by atoms with van der Waals surface area (Å²) in [7, 11) is 1.49. The van der Waals surface area contributed by atoms with E-state index in [1.807, 2.05) is 4.90 Å². The van der Waals surface area contributed by atoms with Crippen LogP contribution in [0.3, 0.4) is 0 Å². The molecule has 7 heteroatoms. The molecule has 0 aromatic carbocycles. The van der Waals surface area contributed by atoms with Gasteiger partial charge in [-0.15, -0.1) is 0 Å². The zero-order chi connectivity index (χ0) is 14.3. The van der Waals surface area contributed by atoms with E-state index in [4.69, 9.17) is 0 Å². The number of carbonyl (C=O) groups is 2. The molecule has 3 rings (SSSR count). The van der Waals surface area contributed by atoms with Gasteiger partial charge in [0.05, 0.1) is 6.04 Å². The van der Waals surface area contributed by atoms with E-state index in [1.54, 1.807) is 0 Å². The van der Waals surface area contributed by atoms with Crippen molar-refractivity contribution in [2.24, 2.45) is 7.05 Å². The molecule has 1 aliphatic carbocycles. The van der Waals surface area contributed by atoms with Crippen LogP contribution in [0.4, 0.5) is 0 Å². The molecule has 1 aromatic heterocycles. The van der Waals surface area contributed by atoms with Crippen molar-refractivity contribution in [1.29, 1.82) is 0 Å². The van der Waals surface area contributed by atoms with Crippen LogP contribution >= 0.6 is 0 Å². The maximum atomic E-state index is 12.0. The summed E-state index contributed by atoms with van der Waals surface area (Å²) in [6, 6.07) is 2.90. The average molecular weight is 276 g/mol. The molecule has 106 valence electrons. The van der Waals surface area contributed by atoms with Crippen molar-refractivity contribution in [3.05, 3.63) is 28.2 Å². The number of hydrogen-bond donors (Lipinski definition) is 1. The number of rotatable bonds is 3. The number of aryl methyl sites for hydroxylation is 1. The number of likely N-dealkylation sites (tertiary alicyclic amines) is 1. The van der Waals surface area contributed by atoms with Gasteiger partial charge in [-0.1, -0.05) is 0 Å². The van der Waals surface area contributed by atoms with Crippen molar-refractivity contribution >= 4 is 11.8 Å². The van der Waals surface area contributed by atoms with Crippen molar-refractivity contribution in [3.8, 4) is 0 Å². The molecule has 1 atom stereocenters. The van der Waals surface area contributed by atoms with Gasteiger partial charge in [0, 0.05) is 32.1 Å². The zero-order valence-electron chi connectivity index (χ0n) is 11.2. The van der Waals surface area contributed by atoms with Crippen molar-refractivity contribution in [3.63, 3.8) is 0 Å². The summed E-state index contributed by atoms with van der Waals surface area (Å²) in [4.78, 5) is 36.9. The first-order chi connectivity index (χ1) is 9.54. The fraction of sp³-hybridized carbons (Fsp3) is 0.538. The molecule has 2 amide bonds. The number of carbonyl (C=O) groups excluding carboxylic acids is 2. The molecular weight excluding hydrogens is 260 g/mol. The lowest BCUT2D eigenvalue weighted by atomic mass is 10.2.